The lowest BCUT2D eigenvalue weighted by molar-refractivity contribution is 0.187. The number of nitrogens with zero attached hydrogens (tertiary/aromatic N) is 2. The summed E-state index contributed by atoms with van der Waals surface area (Å²) in [6.45, 7) is 7.07. The second-order valence-electron chi connectivity index (χ2n) is 5.25. The van der Waals surface area contributed by atoms with Gasteiger partial charge in [-0.3, -0.25) is 0 Å². The van der Waals surface area contributed by atoms with Crippen LogP contribution in [0.1, 0.15) is 37.9 Å². The van der Waals surface area contributed by atoms with Gasteiger partial charge in [0.15, 0.2) is 0 Å². The Morgan fingerprint density at radius 3 is 2.33 bits per heavy atom. The van der Waals surface area contributed by atoms with Crippen LogP contribution in [0.2, 0.25) is 0 Å². The van der Waals surface area contributed by atoms with E-state index in [-0.39, 0.29) is 18.1 Å². The molecule has 1 heterocycles. The highest BCUT2D eigenvalue weighted by molar-refractivity contribution is 5.77. The summed E-state index contributed by atoms with van der Waals surface area (Å²) in [5.74, 6) is 0. The Morgan fingerprint density at radius 2 is 1.89 bits per heavy atom. The molecule has 0 radical (unpaired) electrons. The van der Waals surface area contributed by atoms with Crippen LogP contribution in [0.25, 0.3) is 0 Å². The van der Waals surface area contributed by atoms with Gasteiger partial charge in [-0.2, -0.15) is 0 Å². The van der Waals surface area contributed by atoms with E-state index >= 15 is 0 Å². The molecule has 0 aliphatic carbocycles. The number of aryl methyl sites for hydroxylation is 1. The molecule has 1 fully saturated rings. The van der Waals surface area contributed by atoms with Crippen molar-refractivity contribution in [2.45, 2.75) is 39.3 Å². The van der Waals surface area contributed by atoms with Gasteiger partial charge in [0.1, 0.15) is 0 Å². The largest absolute Gasteiger partial charge is 0.320 e. The second kappa shape index (κ2) is 5.01. The van der Waals surface area contributed by atoms with Crippen molar-refractivity contribution in [3.8, 4) is 0 Å². The Bertz CT molecular complexity index is 425. The molecule has 1 unspecified atom stereocenters. The molecule has 2 amide bonds. The van der Waals surface area contributed by atoms with Gasteiger partial charge in [-0.15, -0.1) is 0 Å². The highest BCUT2D eigenvalue weighted by Crippen LogP contribution is 2.29. The van der Waals surface area contributed by atoms with Gasteiger partial charge in [0.2, 0.25) is 0 Å². The first-order chi connectivity index (χ1) is 8.54. The molecule has 18 heavy (non-hydrogen) atoms. The fourth-order valence-corrected chi connectivity index (χ4v) is 2.46. The van der Waals surface area contributed by atoms with Gasteiger partial charge in [-0.25, -0.2) is 4.79 Å². The first kappa shape index (κ1) is 12.9. The van der Waals surface area contributed by atoms with E-state index in [1.807, 2.05) is 16.8 Å². The molecule has 0 bridgehead atoms. The number of hydrogen-bond acceptors (Lipinski definition) is 1. The van der Waals surface area contributed by atoms with Gasteiger partial charge in [0.25, 0.3) is 0 Å². The van der Waals surface area contributed by atoms with Crippen molar-refractivity contribution >= 4 is 6.03 Å². The summed E-state index contributed by atoms with van der Waals surface area (Å²) in [6.07, 6.45) is 1.05. The molecule has 2 rings (SSSR count). The molecule has 1 atom stereocenters. The Balaban J connectivity index is 2.20. The molecular formula is C15H22N2O. The number of benzene rings is 1. The van der Waals surface area contributed by atoms with Crippen molar-refractivity contribution in [2.24, 2.45) is 0 Å². The zero-order valence-electron chi connectivity index (χ0n) is 11.7. The highest BCUT2D eigenvalue weighted by Gasteiger charge is 2.36. The molecule has 98 valence electrons. The second-order valence-corrected chi connectivity index (χ2v) is 5.25. The zero-order chi connectivity index (χ0) is 13.3. The standard InChI is InChI=1S/C15H22N2O/c1-5-12-6-8-13(9-7-12)14-10-17(11(2)3)15(18)16(14)4/h6-9,11,14H,5,10H2,1-4H3. The van der Waals surface area contributed by atoms with E-state index in [0.29, 0.717) is 0 Å². The van der Waals surface area contributed by atoms with Gasteiger partial charge in [-0.1, -0.05) is 31.2 Å². The summed E-state index contributed by atoms with van der Waals surface area (Å²) in [5.41, 5.74) is 2.57. The van der Waals surface area contributed by atoms with Crippen LogP contribution in [-0.2, 0) is 6.42 Å². The lowest BCUT2D eigenvalue weighted by Crippen LogP contribution is -2.34. The molecule has 0 aromatic heterocycles. The van der Waals surface area contributed by atoms with Crippen molar-refractivity contribution in [3.05, 3.63) is 35.4 Å². The molecule has 1 aliphatic rings. The zero-order valence-corrected chi connectivity index (χ0v) is 11.7. The fraction of sp³-hybridized carbons (Fsp3) is 0.533. The number of carbonyl (C=O) groups excluding carboxylic acids is 1. The van der Waals surface area contributed by atoms with Crippen LogP contribution < -0.4 is 0 Å². The maximum Gasteiger partial charge on any atom is 0.320 e. The van der Waals surface area contributed by atoms with Crippen molar-refractivity contribution < 1.29 is 4.79 Å². The van der Waals surface area contributed by atoms with Crippen molar-refractivity contribution in [1.82, 2.24) is 9.80 Å². The summed E-state index contributed by atoms with van der Waals surface area (Å²) in [4.78, 5) is 15.9. The normalized spacial score (nSPS) is 20.1. The van der Waals surface area contributed by atoms with Crippen LogP contribution in [0, 0.1) is 0 Å². The van der Waals surface area contributed by atoms with E-state index in [9.17, 15) is 4.79 Å². The fourth-order valence-electron chi connectivity index (χ4n) is 2.46. The molecule has 1 aromatic carbocycles. The first-order valence-electron chi connectivity index (χ1n) is 6.66. The summed E-state index contributed by atoms with van der Waals surface area (Å²) in [5, 5.41) is 0. The Hall–Kier alpha value is -1.51. The van der Waals surface area contributed by atoms with Crippen LogP contribution in [-0.4, -0.2) is 35.5 Å². The molecule has 3 nitrogen and oxygen atoms in total. The number of rotatable bonds is 3. The van der Waals surface area contributed by atoms with Crippen molar-refractivity contribution in [3.63, 3.8) is 0 Å². The number of urea groups is 1. The van der Waals surface area contributed by atoms with Crippen LogP contribution >= 0.6 is 0 Å². The minimum atomic E-state index is 0.134. The molecule has 0 N–H and O–H groups in total. The van der Waals surface area contributed by atoms with Crippen LogP contribution in [0.4, 0.5) is 4.79 Å². The summed E-state index contributed by atoms with van der Waals surface area (Å²) < 4.78 is 0. The number of carbonyl (C=O) groups is 1. The van der Waals surface area contributed by atoms with E-state index < -0.39 is 0 Å². The third-order valence-electron chi connectivity index (χ3n) is 3.78. The average molecular weight is 246 g/mol. The van der Waals surface area contributed by atoms with Crippen LogP contribution in [0.15, 0.2) is 24.3 Å². The van der Waals surface area contributed by atoms with Crippen molar-refractivity contribution in [2.75, 3.05) is 13.6 Å². The van der Waals surface area contributed by atoms with E-state index in [2.05, 4.69) is 45.0 Å². The van der Waals surface area contributed by atoms with Crippen LogP contribution in [0.5, 0.6) is 0 Å². The summed E-state index contributed by atoms with van der Waals surface area (Å²) >= 11 is 0. The van der Waals surface area contributed by atoms with E-state index in [4.69, 9.17) is 0 Å². The number of hydrogen-bond donors (Lipinski definition) is 0. The molecule has 3 heteroatoms. The van der Waals surface area contributed by atoms with Gasteiger partial charge >= 0.3 is 6.03 Å². The molecule has 1 saturated heterocycles. The molecule has 0 saturated carbocycles. The Labute approximate surface area is 109 Å². The third kappa shape index (κ3) is 2.22. The first-order valence-corrected chi connectivity index (χ1v) is 6.66. The lowest BCUT2D eigenvalue weighted by Gasteiger charge is -2.19. The van der Waals surface area contributed by atoms with Crippen molar-refractivity contribution in [1.29, 1.82) is 0 Å². The number of likely N-dealkylation sites (N-methyl/N-ethyl adjacent to an activating group) is 1. The predicted octanol–water partition coefficient (Wildman–Crippen LogP) is 3.07. The summed E-state index contributed by atoms with van der Waals surface area (Å²) in [7, 11) is 1.89. The Kier molecular flexibility index (Phi) is 3.60. The topological polar surface area (TPSA) is 23.6 Å². The monoisotopic (exact) mass is 246 g/mol. The Morgan fingerprint density at radius 1 is 1.28 bits per heavy atom. The summed E-state index contributed by atoms with van der Waals surface area (Å²) in [6, 6.07) is 9.20. The predicted molar refractivity (Wildman–Crippen MR) is 73.6 cm³/mol. The smallest absolute Gasteiger partial charge is 0.320 e. The highest BCUT2D eigenvalue weighted by atomic mass is 16.2. The van der Waals surface area contributed by atoms with Gasteiger partial charge in [0.05, 0.1) is 6.04 Å². The van der Waals surface area contributed by atoms with Crippen LogP contribution in [0.3, 0.4) is 0 Å². The van der Waals surface area contributed by atoms with E-state index in [0.717, 1.165) is 13.0 Å². The maximum absolute atomic E-state index is 12.1. The number of amides is 2. The molecular weight excluding hydrogens is 224 g/mol. The molecule has 1 aromatic rings. The quantitative estimate of drug-likeness (QED) is 0.804. The SMILES string of the molecule is CCc1ccc(C2CN(C(C)C)C(=O)N2C)cc1. The third-order valence-corrected chi connectivity index (χ3v) is 3.78. The molecule has 1 aliphatic heterocycles. The minimum Gasteiger partial charge on any atom is -0.320 e. The van der Waals surface area contributed by atoms with E-state index in [1.165, 1.54) is 11.1 Å². The molecule has 0 spiro atoms. The van der Waals surface area contributed by atoms with Gasteiger partial charge in [0, 0.05) is 19.6 Å². The average Bonchev–Trinajstić information content (AvgIpc) is 2.67. The maximum atomic E-state index is 12.1. The lowest BCUT2D eigenvalue weighted by atomic mass is 10.0. The van der Waals surface area contributed by atoms with Gasteiger partial charge < -0.3 is 9.80 Å². The minimum absolute atomic E-state index is 0.134. The van der Waals surface area contributed by atoms with Gasteiger partial charge in [-0.05, 0) is 31.4 Å². The van der Waals surface area contributed by atoms with E-state index in [1.54, 1.807) is 0 Å².